The van der Waals surface area contributed by atoms with E-state index < -0.39 is 0 Å². The minimum absolute atomic E-state index is 0.00408. The second-order valence-electron chi connectivity index (χ2n) is 12.5. The Morgan fingerprint density at radius 2 is 1.23 bits per heavy atom. The van der Waals surface area contributed by atoms with Crippen molar-refractivity contribution in [3.05, 3.63) is 47.5 Å². The summed E-state index contributed by atoms with van der Waals surface area (Å²) in [7, 11) is 6.51. The molecular formula is C36H53N3O8. The molecule has 1 N–H and O–H groups in total. The van der Waals surface area contributed by atoms with Gasteiger partial charge in [0.05, 0.1) is 27.4 Å². The number of amides is 2. The molecule has 0 spiro atoms. The number of nitrogens with one attached hydrogen (secondary N) is 1. The number of hydrogen-bond acceptors (Lipinski definition) is 9. The number of rotatable bonds is 20. The first-order valence-electron chi connectivity index (χ1n) is 16.7. The van der Waals surface area contributed by atoms with Crippen molar-refractivity contribution in [3.63, 3.8) is 0 Å². The molecule has 1 saturated heterocycles. The van der Waals surface area contributed by atoms with Crippen molar-refractivity contribution in [3.8, 4) is 23.0 Å². The first-order chi connectivity index (χ1) is 22.8. The number of hydrogen-bond donors (Lipinski definition) is 1. The molecule has 1 saturated carbocycles. The van der Waals surface area contributed by atoms with E-state index in [1.807, 2.05) is 29.7 Å². The molecule has 2 fully saturated rings. The van der Waals surface area contributed by atoms with Gasteiger partial charge in [0.15, 0.2) is 23.0 Å². The monoisotopic (exact) mass is 655 g/mol. The molecule has 1 aliphatic heterocycles. The molecule has 0 bridgehead atoms. The Bertz CT molecular complexity index is 1210. The van der Waals surface area contributed by atoms with Crippen molar-refractivity contribution in [1.82, 2.24) is 15.1 Å². The zero-order valence-electron chi connectivity index (χ0n) is 28.9. The molecule has 1 heterocycles. The summed E-state index contributed by atoms with van der Waals surface area (Å²) in [6.07, 6.45) is 3.46. The van der Waals surface area contributed by atoms with Gasteiger partial charge in [-0.3, -0.25) is 9.59 Å². The quantitative estimate of drug-likeness (QED) is 0.206. The average molecular weight is 656 g/mol. The van der Waals surface area contributed by atoms with E-state index in [9.17, 15) is 9.59 Å². The van der Waals surface area contributed by atoms with Crippen LogP contribution in [0.2, 0.25) is 0 Å². The van der Waals surface area contributed by atoms with Gasteiger partial charge in [-0.1, -0.05) is 0 Å². The predicted molar refractivity (Wildman–Crippen MR) is 180 cm³/mol. The third kappa shape index (κ3) is 9.98. The van der Waals surface area contributed by atoms with Crippen molar-refractivity contribution in [2.75, 3.05) is 81.0 Å². The highest BCUT2D eigenvalue weighted by Crippen LogP contribution is 2.34. The lowest BCUT2D eigenvalue weighted by Crippen LogP contribution is -2.45. The molecule has 11 nitrogen and oxygen atoms in total. The Balaban J connectivity index is 1.46. The highest BCUT2D eigenvalue weighted by Gasteiger charge is 2.39. The van der Waals surface area contributed by atoms with E-state index in [4.69, 9.17) is 28.4 Å². The average Bonchev–Trinajstić information content (AvgIpc) is 3.83. The molecule has 260 valence electrons. The van der Waals surface area contributed by atoms with Gasteiger partial charge in [-0.2, -0.15) is 0 Å². The van der Waals surface area contributed by atoms with Crippen molar-refractivity contribution in [2.24, 2.45) is 11.8 Å². The zero-order chi connectivity index (χ0) is 33.8. The van der Waals surface area contributed by atoms with Crippen LogP contribution in [0, 0.1) is 11.8 Å². The van der Waals surface area contributed by atoms with Gasteiger partial charge in [-0.15, -0.1) is 0 Å². The lowest BCUT2D eigenvalue weighted by atomic mass is 9.93. The van der Waals surface area contributed by atoms with E-state index in [1.165, 1.54) is 0 Å². The van der Waals surface area contributed by atoms with Crippen molar-refractivity contribution >= 4 is 11.8 Å². The number of benzene rings is 2. The number of methoxy groups -OCH3 is 4. The molecule has 0 radical (unpaired) electrons. The second-order valence-corrected chi connectivity index (χ2v) is 12.5. The van der Waals surface area contributed by atoms with Crippen LogP contribution in [0.4, 0.5) is 0 Å². The Labute approximate surface area is 279 Å². The van der Waals surface area contributed by atoms with Crippen LogP contribution in [-0.4, -0.2) is 115 Å². The van der Waals surface area contributed by atoms with Gasteiger partial charge < -0.3 is 43.5 Å². The van der Waals surface area contributed by atoms with E-state index in [1.54, 1.807) is 58.8 Å². The smallest absolute Gasteiger partial charge is 0.254 e. The Morgan fingerprint density at radius 3 is 1.70 bits per heavy atom. The van der Waals surface area contributed by atoms with Crippen LogP contribution in [0.1, 0.15) is 60.2 Å². The topological polar surface area (TPSA) is 108 Å². The molecule has 2 aromatic rings. The van der Waals surface area contributed by atoms with Crippen LogP contribution in [-0.2, 0) is 9.47 Å². The number of carbonyl (C=O) groups is 2. The first-order valence-corrected chi connectivity index (χ1v) is 16.7. The van der Waals surface area contributed by atoms with Crippen molar-refractivity contribution in [2.45, 2.75) is 51.6 Å². The highest BCUT2D eigenvalue weighted by molar-refractivity contribution is 5.96. The predicted octanol–water partition coefficient (Wildman–Crippen LogP) is 4.53. The molecule has 0 unspecified atom stereocenters. The van der Waals surface area contributed by atoms with Crippen LogP contribution in [0.5, 0.6) is 23.0 Å². The Hall–Kier alpha value is -3.54. The largest absolute Gasteiger partial charge is 0.493 e. The SMILES string of the molecule is COCCCOc1cc(C(=O)N(C[C@@H]2CNC[C@H]2CN(C(=O)c2ccc(OC)c(OCCCOC)c2)C2CC2)C(C)C)ccc1OC. The van der Waals surface area contributed by atoms with Crippen LogP contribution in [0.25, 0.3) is 0 Å². The minimum atomic E-state index is -0.0542. The van der Waals surface area contributed by atoms with Gasteiger partial charge in [0.25, 0.3) is 11.8 Å². The fourth-order valence-corrected chi connectivity index (χ4v) is 5.98. The van der Waals surface area contributed by atoms with Gasteiger partial charge >= 0.3 is 0 Å². The molecule has 2 aromatic carbocycles. The zero-order valence-corrected chi connectivity index (χ0v) is 28.9. The molecule has 2 amide bonds. The van der Waals surface area contributed by atoms with Gasteiger partial charge in [0.2, 0.25) is 0 Å². The summed E-state index contributed by atoms with van der Waals surface area (Å²) in [6, 6.07) is 11.0. The summed E-state index contributed by atoms with van der Waals surface area (Å²) in [5.74, 6) is 2.61. The Morgan fingerprint density at radius 1 is 0.723 bits per heavy atom. The van der Waals surface area contributed by atoms with Crippen LogP contribution in [0.3, 0.4) is 0 Å². The molecule has 47 heavy (non-hydrogen) atoms. The maximum absolute atomic E-state index is 14.0. The molecule has 2 atom stereocenters. The standard InChI is InChI=1S/C36H53N3O8/c1-25(2)38(35(40)26-9-13-31(44-5)33(19-26)46-17-7-15-42-3)23-28-21-37-22-29(28)24-39(30-11-12-30)36(41)27-10-14-32(45-6)34(20-27)47-18-8-16-43-4/h9-10,13-14,19-20,25,28-30,37H,7-8,11-12,15-18,21-24H2,1-6H3/t28-,29-/m0/s1. The number of carbonyl (C=O) groups excluding carboxylic acids is 2. The molecule has 4 rings (SSSR count). The molecule has 11 heteroatoms. The third-order valence-corrected chi connectivity index (χ3v) is 8.80. The maximum atomic E-state index is 14.0. The normalized spacial score (nSPS) is 17.4. The summed E-state index contributed by atoms with van der Waals surface area (Å²) < 4.78 is 33.1. The van der Waals surface area contributed by atoms with Crippen LogP contribution < -0.4 is 24.3 Å². The lowest BCUT2D eigenvalue weighted by molar-refractivity contribution is 0.0613. The van der Waals surface area contributed by atoms with Gasteiger partial charge in [0, 0.05) is 89.7 Å². The van der Waals surface area contributed by atoms with E-state index >= 15 is 0 Å². The van der Waals surface area contributed by atoms with Crippen molar-refractivity contribution < 1.29 is 38.0 Å². The van der Waals surface area contributed by atoms with E-state index in [2.05, 4.69) is 5.32 Å². The molecule has 2 aliphatic rings. The van der Waals surface area contributed by atoms with Gasteiger partial charge in [-0.05, 0) is 74.9 Å². The minimum Gasteiger partial charge on any atom is -0.493 e. The summed E-state index contributed by atoms with van der Waals surface area (Å²) in [4.78, 5) is 31.9. The van der Waals surface area contributed by atoms with E-state index in [0.717, 1.165) is 38.8 Å². The fourth-order valence-electron chi connectivity index (χ4n) is 5.98. The second kappa shape index (κ2) is 18.1. The van der Waals surface area contributed by atoms with E-state index in [-0.39, 0.29) is 35.7 Å². The van der Waals surface area contributed by atoms with E-state index in [0.29, 0.717) is 73.6 Å². The third-order valence-electron chi connectivity index (χ3n) is 8.80. The summed E-state index contributed by atoms with van der Waals surface area (Å²) >= 11 is 0. The number of nitrogens with zero attached hydrogens (tertiary/aromatic N) is 2. The summed E-state index contributed by atoms with van der Waals surface area (Å²) in [6.45, 7) is 8.98. The molecule has 1 aliphatic carbocycles. The van der Waals surface area contributed by atoms with Gasteiger partial charge in [0.1, 0.15) is 0 Å². The maximum Gasteiger partial charge on any atom is 0.254 e. The first kappa shape index (κ1) is 36.3. The molecule has 0 aromatic heterocycles. The van der Waals surface area contributed by atoms with Crippen LogP contribution in [0.15, 0.2) is 36.4 Å². The number of ether oxygens (including phenoxy) is 6. The summed E-state index contributed by atoms with van der Waals surface area (Å²) in [5.41, 5.74) is 1.14. The highest BCUT2D eigenvalue weighted by atomic mass is 16.5. The fraction of sp³-hybridized carbons (Fsp3) is 0.611. The molecular weight excluding hydrogens is 602 g/mol. The van der Waals surface area contributed by atoms with Gasteiger partial charge in [-0.25, -0.2) is 0 Å². The van der Waals surface area contributed by atoms with Crippen molar-refractivity contribution in [1.29, 1.82) is 0 Å². The summed E-state index contributed by atoms with van der Waals surface area (Å²) in [5, 5.41) is 3.53. The Kier molecular flexibility index (Phi) is 14.0. The van der Waals surface area contributed by atoms with Crippen LogP contribution >= 0.6 is 0 Å². The lowest BCUT2D eigenvalue weighted by Gasteiger charge is -2.34.